The Kier molecular flexibility index (Phi) is 4.94. The van der Waals surface area contributed by atoms with Crippen LogP contribution in [0, 0.1) is 0 Å². The smallest absolute Gasteiger partial charge is 0.336 e. The fourth-order valence-electron chi connectivity index (χ4n) is 3.65. The van der Waals surface area contributed by atoms with Gasteiger partial charge in [0.1, 0.15) is 11.3 Å². The molecule has 1 heterocycles. The Morgan fingerprint density at radius 1 is 0.903 bits per heavy atom. The van der Waals surface area contributed by atoms with Crippen LogP contribution in [0.4, 0.5) is 5.69 Å². The van der Waals surface area contributed by atoms with Crippen LogP contribution in [0.15, 0.2) is 64.0 Å². The number of aromatic carboxylic acids is 2. The highest BCUT2D eigenvalue weighted by molar-refractivity contribution is 6.08. The summed E-state index contributed by atoms with van der Waals surface area (Å²) in [5.41, 5.74) is 3.13. The predicted molar refractivity (Wildman–Crippen MR) is 118 cm³/mol. The first-order chi connectivity index (χ1) is 14.8. The van der Waals surface area contributed by atoms with E-state index in [9.17, 15) is 19.8 Å². The minimum Gasteiger partial charge on any atom is -0.478 e. The van der Waals surface area contributed by atoms with Crippen molar-refractivity contribution >= 4 is 28.6 Å². The van der Waals surface area contributed by atoms with Crippen molar-refractivity contribution in [2.24, 2.45) is 4.99 Å². The monoisotopic (exact) mass is 416 g/mol. The van der Waals surface area contributed by atoms with Crippen LogP contribution in [0.2, 0.25) is 0 Å². The lowest BCUT2D eigenvalue weighted by atomic mass is 9.90. The topological polar surface area (TPSA) is 103 Å². The molecule has 0 spiro atoms. The van der Waals surface area contributed by atoms with E-state index in [0.29, 0.717) is 28.0 Å². The first-order valence-corrected chi connectivity index (χ1v) is 9.52. The number of hydrogen-bond donors (Lipinski definition) is 2. The summed E-state index contributed by atoms with van der Waals surface area (Å²) in [4.78, 5) is 29.6. The third-order valence-corrected chi connectivity index (χ3v) is 5.23. The molecule has 0 bridgehead atoms. The van der Waals surface area contributed by atoms with Crippen LogP contribution >= 0.6 is 0 Å². The molecule has 156 valence electrons. The van der Waals surface area contributed by atoms with Crippen molar-refractivity contribution in [2.45, 2.75) is 0 Å². The first kappa shape index (κ1) is 20.2. The largest absolute Gasteiger partial charge is 0.478 e. The molecule has 0 fully saturated rings. The van der Waals surface area contributed by atoms with Crippen LogP contribution in [-0.4, -0.2) is 43.3 Å². The zero-order chi connectivity index (χ0) is 22.3. The molecule has 1 aliphatic heterocycles. The quantitative estimate of drug-likeness (QED) is 0.484. The second kappa shape index (κ2) is 7.60. The number of carboxylic acids is 2. The van der Waals surface area contributed by atoms with Gasteiger partial charge in [-0.05, 0) is 42.0 Å². The van der Waals surface area contributed by atoms with E-state index in [2.05, 4.69) is 4.99 Å². The lowest BCUT2D eigenvalue weighted by Gasteiger charge is -2.19. The molecule has 2 aliphatic rings. The maximum absolute atomic E-state index is 12.0. The summed E-state index contributed by atoms with van der Waals surface area (Å²) in [6.45, 7) is 0. The molecule has 2 aromatic carbocycles. The van der Waals surface area contributed by atoms with Gasteiger partial charge in [-0.15, -0.1) is 0 Å². The molecular weight excluding hydrogens is 396 g/mol. The normalized spacial score (nSPS) is 11.8. The van der Waals surface area contributed by atoms with Gasteiger partial charge < -0.3 is 19.5 Å². The molecular formula is C24H20N2O5. The highest BCUT2D eigenvalue weighted by atomic mass is 16.4. The van der Waals surface area contributed by atoms with Crippen molar-refractivity contribution < 1.29 is 24.2 Å². The van der Waals surface area contributed by atoms with E-state index in [-0.39, 0.29) is 11.1 Å². The Morgan fingerprint density at radius 2 is 1.65 bits per heavy atom. The number of hydrogen-bond acceptors (Lipinski definition) is 5. The Morgan fingerprint density at radius 3 is 2.29 bits per heavy atom. The maximum Gasteiger partial charge on any atom is 0.336 e. The molecule has 2 aromatic rings. The van der Waals surface area contributed by atoms with Crippen molar-refractivity contribution in [2.75, 3.05) is 26.0 Å². The van der Waals surface area contributed by atoms with Gasteiger partial charge in [-0.3, -0.25) is 4.99 Å². The molecule has 7 nitrogen and oxygen atoms in total. The van der Waals surface area contributed by atoms with Gasteiger partial charge in [0.15, 0.2) is 0 Å². The van der Waals surface area contributed by atoms with E-state index in [0.717, 1.165) is 16.4 Å². The highest BCUT2D eigenvalue weighted by Crippen LogP contribution is 2.42. The number of rotatable bonds is 4. The lowest BCUT2D eigenvalue weighted by molar-refractivity contribution is 0.0696. The molecule has 2 N–H and O–H groups in total. The number of nitrogens with zero attached hydrogens (tertiary/aromatic N) is 2. The van der Waals surface area contributed by atoms with Gasteiger partial charge in [0, 0.05) is 55.5 Å². The molecule has 7 heteroatoms. The molecule has 4 rings (SSSR count). The van der Waals surface area contributed by atoms with Crippen molar-refractivity contribution in [3.63, 3.8) is 0 Å². The summed E-state index contributed by atoms with van der Waals surface area (Å²) in [5, 5.41) is 20.6. The Labute approximate surface area is 177 Å². The number of anilines is 1. The van der Waals surface area contributed by atoms with Crippen LogP contribution in [0.25, 0.3) is 33.4 Å². The standard InChI is InChI=1S/C24H20N2O5/c1-25-14-5-8-17-20(11-14)31-21-12-15(26(2)3)6-9-18(21)22(17)16-7-4-13(23(27)28)10-19(16)24(29)30/h4-12H,1-3H3,(H,27,28)(H,29,30)/b25-14-. The van der Waals surface area contributed by atoms with E-state index in [4.69, 9.17) is 4.42 Å². The van der Waals surface area contributed by atoms with E-state index in [1.165, 1.54) is 12.1 Å². The molecule has 1 aliphatic carbocycles. The predicted octanol–water partition coefficient (Wildman–Crippen LogP) is 4.20. The van der Waals surface area contributed by atoms with Crippen molar-refractivity contribution in [3.05, 3.63) is 71.1 Å². The average molecular weight is 416 g/mol. The van der Waals surface area contributed by atoms with E-state index >= 15 is 0 Å². The van der Waals surface area contributed by atoms with Gasteiger partial charge in [-0.25, -0.2) is 9.59 Å². The van der Waals surface area contributed by atoms with Gasteiger partial charge in [0.05, 0.1) is 16.5 Å². The van der Waals surface area contributed by atoms with Gasteiger partial charge in [0.25, 0.3) is 0 Å². The van der Waals surface area contributed by atoms with Gasteiger partial charge in [0.2, 0.25) is 0 Å². The van der Waals surface area contributed by atoms with Crippen LogP contribution in [0.5, 0.6) is 0 Å². The molecule has 0 aromatic heterocycles. The van der Waals surface area contributed by atoms with Gasteiger partial charge in [-0.2, -0.15) is 0 Å². The SMILES string of the molecule is C/N=c1/ccc2c(-c3ccc(C(=O)O)cc3C(=O)O)c3ccc(N(C)C)cc3oc-2c1. The minimum absolute atomic E-state index is 0.0858. The lowest BCUT2D eigenvalue weighted by Crippen LogP contribution is -2.09. The number of fused-ring (bicyclic) bond motifs is 2. The third-order valence-electron chi connectivity index (χ3n) is 5.23. The number of carboxylic acid groups (broad SMARTS) is 2. The van der Waals surface area contributed by atoms with Gasteiger partial charge in [-0.1, -0.05) is 6.07 Å². The molecule has 31 heavy (non-hydrogen) atoms. The summed E-state index contributed by atoms with van der Waals surface area (Å²) in [5.74, 6) is -1.83. The molecule has 0 unspecified atom stereocenters. The second-order valence-corrected chi connectivity index (χ2v) is 7.33. The van der Waals surface area contributed by atoms with Crippen molar-refractivity contribution in [1.29, 1.82) is 0 Å². The molecule has 0 saturated heterocycles. The van der Waals surface area contributed by atoms with Crippen molar-refractivity contribution in [3.8, 4) is 22.5 Å². The summed E-state index contributed by atoms with van der Waals surface area (Å²) in [6.07, 6.45) is 0. The zero-order valence-electron chi connectivity index (χ0n) is 17.2. The number of benzene rings is 3. The van der Waals surface area contributed by atoms with Crippen molar-refractivity contribution in [1.82, 2.24) is 0 Å². The number of carbonyl (C=O) groups is 2. The second-order valence-electron chi connectivity index (χ2n) is 7.33. The molecule has 0 radical (unpaired) electrons. The van der Waals surface area contributed by atoms with Crippen LogP contribution in [-0.2, 0) is 0 Å². The van der Waals surface area contributed by atoms with Crippen LogP contribution in [0.1, 0.15) is 20.7 Å². The Bertz CT molecular complexity index is 1380. The zero-order valence-corrected chi connectivity index (χ0v) is 17.2. The molecule has 0 saturated carbocycles. The van der Waals surface area contributed by atoms with E-state index in [1.807, 2.05) is 49.3 Å². The van der Waals surface area contributed by atoms with Gasteiger partial charge >= 0.3 is 11.9 Å². The Balaban J connectivity index is 2.16. The van der Waals surface area contributed by atoms with E-state index in [1.54, 1.807) is 19.2 Å². The van der Waals surface area contributed by atoms with Crippen LogP contribution in [0.3, 0.4) is 0 Å². The maximum atomic E-state index is 12.0. The fourth-order valence-corrected chi connectivity index (χ4v) is 3.65. The third kappa shape index (κ3) is 3.50. The van der Waals surface area contributed by atoms with E-state index < -0.39 is 11.9 Å². The van der Waals surface area contributed by atoms with Crippen LogP contribution < -0.4 is 10.3 Å². The molecule has 0 atom stereocenters. The fraction of sp³-hybridized carbons (Fsp3) is 0.125. The summed E-state index contributed by atoms with van der Waals surface area (Å²) in [7, 11) is 5.52. The minimum atomic E-state index is -1.20. The Hall–Kier alpha value is -4.13. The summed E-state index contributed by atoms with van der Waals surface area (Å²) >= 11 is 0. The molecule has 0 amide bonds. The first-order valence-electron chi connectivity index (χ1n) is 9.52. The summed E-state index contributed by atoms with van der Waals surface area (Å²) in [6, 6.07) is 15.3. The highest BCUT2D eigenvalue weighted by Gasteiger charge is 2.23. The average Bonchev–Trinajstić information content (AvgIpc) is 2.76. The summed E-state index contributed by atoms with van der Waals surface area (Å²) < 4.78 is 6.18.